The molecular formula is C18H26N2O3. The van der Waals surface area contributed by atoms with E-state index >= 15 is 0 Å². The number of nitrogens with one attached hydrogen (secondary N) is 1. The van der Waals surface area contributed by atoms with E-state index in [1.165, 1.54) is 16.0 Å². The van der Waals surface area contributed by atoms with Crippen molar-refractivity contribution < 1.29 is 14.6 Å². The number of amides is 1. The standard InChI is InChI=1S/C18H26N2O3/c1-2-8-18(9-3-4-11-20(18)17(21)22)23-16-6-5-15-13-19-10-7-14(15)12-16/h5-6,12,19H,2-4,7-11,13H2,1H3,(H,21,22). The molecule has 126 valence electrons. The van der Waals surface area contributed by atoms with Crippen molar-refractivity contribution >= 4 is 6.09 Å². The summed E-state index contributed by atoms with van der Waals surface area (Å²) in [6, 6.07) is 6.19. The maximum absolute atomic E-state index is 11.7. The summed E-state index contributed by atoms with van der Waals surface area (Å²) < 4.78 is 6.35. The van der Waals surface area contributed by atoms with Gasteiger partial charge < -0.3 is 15.2 Å². The van der Waals surface area contributed by atoms with Gasteiger partial charge in [0, 0.05) is 25.9 Å². The Morgan fingerprint density at radius 3 is 3.04 bits per heavy atom. The number of hydrogen-bond acceptors (Lipinski definition) is 3. The Morgan fingerprint density at radius 2 is 2.26 bits per heavy atom. The van der Waals surface area contributed by atoms with E-state index in [4.69, 9.17) is 4.74 Å². The second-order valence-corrected chi connectivity index (χ2v) is 6.55. The SMILES string of the molecule is CCCC1(Oc2ccc3c(c2)CCNC3)CCCCN1C(=O)O. The number of nitrogens with zero attached hydrogens (tertiary/aromatic N) is 1. The number of hydrogen-bond donors (Lipinski definition) is 2. The largest absolute Gasteiger partial charge is 0.468 e. The van der Waals surface area contributed by atoms with E-state index in [1.807, 2.05) is 6.07 Å². The molecule has 0 aliphatic carbocycles. The third kappa shape index (κ3) is 3.29. The van der Waals surface area contributed by atoms with Crippen molar-refractivity contribution in [1.29, 1.82) is 0 Å². The molecule has 2 aliphatic heterocycles. The minimum absolute atomic E-state index is 0.560. The zero-order chi connectivity index (χ0) is 16.3. The number of fused-ring (bicyclic) bond motifs is 1. The summed E-state index contributed by atoms with van der Waals surface area (Å²) in [5.74, 6) is 0.798. The zero-order valence-electron chi connectivity index (χ0n) is 13.8. The van der Waals surface area contributed by atoms with Crippen molar-refractivity contribution in [1.82, 2.24) is 10.2 Å². The highest BCUT2D eigenvalue weighted by atomic mass is 16.5. The molecule has 1 atom stereocenters. The predicted octanol–water partition coefficient (Wildman–Crippen LogP) is 3.37. The van der Waals surface area contributed by atoms with Crippen LogP contribution in [0.3, 0.4) is 0 Å². The highest BCUT2D eigenvalue weighted by Gasteiger charge is 2.43. The van der Waals surface area contributed by atoms with E-state index < -0.39 is 11.8 Å². The van der Waals surface area contributed by atoms with Gasteiger partial charge >= 0.3 is 6.09 Å². The average molecular weight is 318 g/mol. The van der Waals surface area contributed by atoms with Gasteiger partial charge in [0.15, 0.2) is 5.72 Å². The van der Waals surface area contributed by atoms with Crippen LogP contribution in [-0.2, 0) is 13.0 Å². The first-order valence-corrected chi connectivity index (χ1v) is 8.67. The van der Waals surface area contributed by atoms with Crippen molar-refractivity contribution in [3.05, 3.63) is 29.3 Å². The Morgan fingerprint density at radius 1 is 1.39 bits per heavy atom. The predicted molar refractivity (Wildman–Crippen MR) is 88.7 cm³/mol. The minimum atomic E-state index is -0.875. The second-order valence-electron chi connectivity index (χ2n) is 6.55. The number of carboxylic acid groups (broad SMARTS) is 1. The van der Waals surface area contributed by atoms with Gasteiger partial charge in [0.25, 0.3) is 0 Å². The molecule has 2 aliphatic rings. The van der Waals surface area contributed by atoms with Crippen molar-refractivity contribution in [2.24, 2.45) is 0 Å². The molecule has 0 saturated carbocycles. The van der Waals surface area contributed by atoms with E-state index in [-0.39, 0.29) is 0 Å². The topological polar surface area (TPSA) is 61.8 Å². The molecule has 3 rings (SSSR count). The number of benzene rings is 1. The summed E-state index contributed by atoms with van der Waals surface area (Å²) in [4.78, 5) is 13.2. The van der Waals surface area contributed by atoms with E-state index in [0.29, 0.717) is 6.54 Å². The maximum atomic E-state index is 11.7. The summed E-state index contributed by atoms with van der Waals surface area (Å²) in [7, 11) is 0. The molecule has 2 heterocycles. The molecule has 1 fully saturated rings. The van der Waals surface area contributed by atoms with Gasteiger partial charge in [0.05, 0.1) is 0 Å². The van der Waals surface area contributed by atoms with Gasteiger partial charge in [-0.3, -0.25) is 4.90 Å². The molecule has 1 unspecified atom stereocenters. The highest BCUT2D eigenvalue weighted by Crippen LogP contribution is 2.36. The van der Waals surface area contributed by atoms with Gasteiger partial charge in [0.2, 0.25) is 0 Å². The quantitative estimate of drug-likeness (QED) is 0.893. The third-order valence-electron chi connectivity index (χ3n) is 4.93. The third-order valence-corrected chi connectivity index (χ3v) is 4.93. The van der Waals surface area contributed by atoms with Crippen molar-refractivity contribution in [2.45, 2.75) is 57.7 Å². The maximum Gasteiger partial charge on any atom is 0.410 e. The summed E-state index contributed by atoms with van der Waals surface area (Å²) in [5, 5.41) is 13.0. The van der Waals surface area contributed by atoms with E-state index in [2.05, 4.69) is 24.4 Å². The van der Waals surface area contributed by atoms with Gasteiger partial charge in [-0.05, 0) is 49.1 Å². The molecule has 2 N–H and O–H groups in total. The fraction of sp³-hybridized carbons (Fsp3) is 0.611. The van der Waals surface area contributed by atoms with E-state index in [0.717, 1.165) is 57.4 Å². The fourth-order valence-corrected chi connectivity index (χ4v) is 3.82. The fourth-order valence-electron chi connectivity index (χ4n) is 3.82. The minimum Gasteiger partial charge on any atom is -0.468 e. The van der Waals surface area contributed by atoms with Crippen LogP contribution in [0.2, 0.25) is 0 Å². The zero-order valence-corrected chi connectivity index (χ0v) is 13.8. The van der Waals surface area contributed by atoms with Gasteiger partial charge in [-0.1, -0.05) is 19.4 Å². The number of rotatable bonds is 4. The van der Waals surface area contributed by atoms with Crippen molar-refractivity contribution in [2.75, 3.05) is 13.1 Å². The monoisotopic (exact) mass is 318 g/mol. The smallest absolute Gasteiger partial charge is 0.410 e. The summed E-state index contributed by atoms with van der Waals surface area (Å²) in [5.41, 5.74) is 1.91. The molecule has 1 saturated heterocycles. The Labute approximate surface area is 137 Å². The summed E-state index contributed by atoms with van der Waals surface area (Å²) >= 11 is 0. The first kappa shape index (κ1) is 16.1. The molecule has 0 radical (unpaired) electrons. The molecule has 1 aromatic carbocycles. The van der Waals surface area contributed by atoms with Crippen LogP contribution < -0.4 is 10.1 Å². The summed E-state index contributed by atoms with van der Waals surface area (Å²) in [6.45, 7) is 4.53. The van der Waals surface area contributed by atoms with Gasteiger partial charge in [-0.2, -0.15) is 0 Å². The van der Waals surface area contributed by atoms with Crippen molar-refractivity contribution in [3.8, 4) is 5.75 Å². The Bertz CT molecular complexity index is 571. The number of likely N-dealkylation sites (tertiary alicyclic amines) is 1. The number of piperidine rings is 1. The first-order valence-electron chi connectivity index (χ1n) is 8.67. The van der Waals surface area contributed by atoms with Gasteiger partial charge in [-0.15, -0.1) is 0 Å². The lowest BCUT2D eigenvalue weighted by atomic mass is 9.93. The highest BCUT2D eigenvalue weighted by molar-refractivity contribution is 5.66. The van der Waals surface area contributed by atoms with E-state index in [1.54, 1.807) is 0 Å². The van der Waals surface area contributed by atoms with Crippen LogP contribution in [0.1, 0.15) is 50.2 Å². The molecule has 23 heavy (non-hydrogen) atoms. The van der Waals surface area contributed by atoms with Crippen LogP contribution in [-0.4, -0.2) is 34.9 Å². The molecule has 5 nitrogen and oxygen atoms in total. The van der Waals surface area contributed by atoms with E-state index in [9.17, 15) is 9.90 Å². The van der Waals surface area contributed by atoms with Crippen molar-refractivity contribution in [3.63, 3.8) is 0 Å². The normalized spacial score (nSPS) is 24.1. The average Bonchev–Trinajstić information content (AvgIpc) is 2.55. The second kappa shape index (κ2) is 6.79. The Kier molecular flexibility index (Phi) is 4.76. The summed E-state index contributed by atoms with van der Waals surface area (Å²) in [6.07, 6.45) is 4.45. The lowest BCUT2D eigenvalue weighted by Gasteiger charge is -2.45. The molecule has 5 heteroatoms. The molecule has 0 bridgehead atoms. The molecular weight excluding hydrogens is 292 g/mol. The Balaban J connectivity index is 1.88. The lowest BCUT2D eigenvalue weighted by molar-refractivity contribution is -0.0986. The van der Waals surface area contributed by atoms with Crippen LogP contribution in [0.15, 0.2) is 18.2 Å². The van der Waals surface area contributed by atoms with Crippen LogP contribution in [0.25, 0.3) is 0 Å². The van der Waals surface area contributed by atoms with Gasteiger partial charge in [-0.25, -0.2) is 4.79 Å². The number of carbonyl (C=O) groups is 1. The lowest BCUT2D eigenvalue weighted by Crippen LogP contribution is -2.57. The number of ether oxygens (including phenoxy) is 1. The van der Waals surface area contributed by atoms with Gasteiger partial charge in [0.1, 0.15) is 5.75 Å². The van der Waals surface area contributed by atoms with Crippen LogP contribution in [0, 0.1) is 0 Å². The molecule has 1 aromatic rings. The first-order chi connectivity index (χ1) is 11.1. The molecule has 1 amide bonds. The molecule has 0 spiro atoms. The van der Waals surface area contributed by atoms with Crippen LogP contribution in [0.4, 0.5) is 4.79 Å². The molecule has 0 aromatic heterocycles. The Hall–Kier alpha value is -1.75. The van der Waals surface area contributed by atoms with Crippen LogP contribution in [0.5, 0.6) is 5.75 Å². The van der Waals surface area contributed by atoms with Crippen LogP contribution >= 0.6 is 0 Å².